The fourth-order valence-corrected chi connectivity index (χ4v) is 6.26. The molecule has 1 saturated heterocycles. The summed E-state index contributed by atoms with van der Waals surface area (Å²) in [5.74, 6) is 3.05. The van der Waals surface area contributed by atoms with Crippen molar-refractivity contribution in [1.82, 2.24) is 4.90 Å². The van der Waals surface area contributed by atoms with E-state index < -0.39 is 0 Å². The van der Waals surface area contributed by atoms with Crippen molar-refractivity contribution >= 4 is 0 Å². The van der Waals surface area contributed by atoms with Crippen molar-refractivity contribution in [3.63, 3.8) is 0 Å². The van der Waals surface area contributed by atoms with E-state index in [-0.39, 0.29) is 6.04 Å². The Morgan fingerprint density at radius 3 is 2.00 bits per heavy atom. The van der Waals surface area contributed by atoms with Gasteiger partial charge >= 0.3 is 0 Å². The third-order valence-corrected chi connectivity index (χ3v) is 6.52. The molecule has 0 aromatic rings. The number of nitrogens with zero attached hydrogens (tertiary/aromatic N) is 2. The minimum Gasteiger partial charge on any atom is -0.288 e. The van der Waals surface area contributed by atoms with Gasteiger partial charge < -0.3 is 0 Å². The van der Waals surface area contributed by atoms with Gasteiger partial charge in [-0.2, -0.15) is 5.26 Å². The van der Waals surface area contributed by atoms with Gasteiger partial charge in [-0.25, -0.2) is 0 Å². The molecular weight excluding hydrogens is 232 g/mol. The molecule has 2 heteroatoms. The number of hydrogen-bond acceptors (Lipinski definition) is 2. The first-order valence-corrected chi connectivity index (χ1v) is 8.40. The number of hydrogen-bond donors (Lipinski definition) is 0. The summed E-state index contributed by atoms with van der Waals surface area (Å²) in [6.07, 6.45) is 12.7. The van der Waals surface area contributed by atoms with Gasteiger partial charge in [-0.05, 0) is 94.0 Å². The lowest BCUT2D eigenvalue weighted by atomic mass is 9.48. The summed E-state index contributed by atoms with van der Waals surface area (Å²) < 4.78 is 0. The van der Waals surface area contributed by atoms with E-state index in [4.69, 9.17) is 0 Å². The minimum absolute atomic E-state index is 0.221. The van der Waals surface area contributed by atoms with Crippen LogP contribution in [0.15, 0.2) is 0 Å². The molecule has 4 aliphatic carbocycles. The maximum atomic E-state index is 9.60. The fourth-order valence-electron chi connectivity index (χ4n) is 6.26. The van der Waals surface area contributed by atoms with E-state index in [2.05, 4.69) is 11.0 Å². The maximum absolute atomic E-state index is 9.60. The predicted molar refractivity (Wildman–Crippen MR) is 75.4 cm³/mol. The van der Waals surface area contributed by atoms with E-state index in [9.17, 15) is 5.26 Å². The van der Waals surface area contributed by atoms with E-state index in [1.807, 2.05) is 0 Å². The summed E-state index contributed by atoms with van der Waals surface area (Å²) in [5, 5.41) is 9.60. The second-order valence-electron chi connectivity index (χ2n) is 8.01. The second-order valence-corrected chi connectivity index (χ2v) is 8.01. The van der Waals surface area contributed by atoms with Gasteiger partial charge in [0.05, 0.1) is 12.1 Å². The normalized spacial score (nSPS) is 46.4. The smallest absolute Gasteiger partial charge is 0.0983 e. The van der Waals surface area contributed by atoms with Crippen molar-refractivity contribution in [2.45, 2.75) is 63.8 Å². The first-order chi connectivity index (χ1) is 9.26. The molecule has 0 aromatic heterocycles. The van der Waals surface area contributed by atoms with E-state index in [1.165, 1.54) is 70.9 Å². The van der Waals surface area contributed by atoms with Crippen LogP contribution in [0.4, 0.5) is 0 Å². The Hall–Kier alpha value is -0.550. The van der Waals surface area contributed by atoms with Gasteiger partial charge in [0, 0.05) is 0 Å². The summed E-state index contributed by atoms with van der Waals surface area (Å²) in [6.45, 7) is 2.34. The topological polar surface area (TPSA) is 27.0 Å². The molecule has 1 unspecified atom stereocenters. The molecule has 5 aliphatic rings. The molecule has 5 rings (SSSR count). The van der Waals surface area contributed by atoms with Crippen LogP contribution in [0.3, 0.4) is 0 Å². The summed E-state index contributed by atoms with van der Waals surface area (Å²) in [5.41, 5.74) is 0.567. The fraction of sp³-hybridized carbons (Fsp3) is 0.941. The van der Waals surface area contributed by atoms with Crippen molar-refractivity contribution in [2.24, 2.45) is 23.2 Å². The first kappa shape index (κ1) is 12.2. The van der Waals surface area contributed by atoms with E-state index in [1.54, 1.807) is 0 Å². The molecule has 0 amide bonds. The summed E-state index contributed by atoms with van der Waals surface area (Å²) in [4.78, 5) is 2.47. The highest BCUT2D eigenvalue weighted by atomic mass is 15.2. The third-order valence-electron chi connectivity index (χ3n) is 6.52. The molecular formula is C17H26N2. The van der Waals surface area contributed by atoms with Crippen molar-refractivity contribution in [3.05, 3.63) is 0 Å². The zero-order chi connectivity index (χ0) is 12.9. The Labute approximate surface area is 117 Å². The van der Waals surface area contributed by atoms with Crippen LogP contribution in [-0.2, 0) is 0 Å². The zero-order valence-corrected chi connectivity index (χ0v) is 12.0. The largest absolute Gasteiger partial charge is 0.288 e. The van der Waals surface area contributed by atoms with Crippen LogP contribution >= 0.6 is 0 Å². The number of nitriles is 1. The van der Waals surface area contributed by atoms with Crippen LogP contribution in [0.25, 0.3) is 0 Å². The molecule has 5 fully saturated rings. The van der Waals surface area contributed by atoms with Gasteiger partial charge in [-0.15, -0.1) is 0 Å². The summed E-state index contributed by atoms with van der Waals surface area (Å²) >= 11 is 0. The van der Waals surface area contributed by atoms with E-state index in [0.717, 1.165) is 17.8 Å². The molecule has 0 radical (unpaired) electrons. The van der Waals surface area contributed by atoms with Crippen molar-refractivity contribution in [2.75, 3.05) is 13.1 Å². The minimum atomic E-state index is 0.221. The van der Waals surface area contributed by atoms with Crippen LogP contribution in [0.1, 0.15) is 57.8 Å². The molecule has 0 N–H and O–H groups in total. The predicted octanol–water partition coefficient (Wildman–Crippen LogP) is 3.58. The van der Waals surface area contributed by atoms with Crippen molar-refractivity contribution in [3.8, 4) is 6.07 Å². The lowest BCUT2D eigenvalue weighted by Gasteiger charge is -2.57. The number of likely N-dealkylation sites (tertiary alicyclic amines) is 1. The van der Waals surface area contributed by atoms with Gasteiger partial charge in [0.15, 0.2) is 0 Å². The van der Waals surface area contributed by atoms with Crippen LogP contribution in [-0.4, -0.2) is 24.0 Å². The summed E-state index contributed by atoms with van der Waals surface area (Å²) in [6, 6.07) is 2.87. The molecule has 1 aliphatic heterocycles. The maximum Gasteiger partial charge on any atom is 0.0983 e. The van der Waals surface area contributed by atoms with Gasteiger partial charge in [0.25, 0.3) is 0 Å². The zero-order valence-electron chi connectivity index (χ0n) is 12.0. The second kappa shape index (κ2) is 4.48. The standard InChI is InChI=1S/C17H26N2/c18-12-16(19-3-1-2-4-19)11-17-8-13-5-14(9-17)7-15(6-13)10-17/h13-16H,1-11H2. The average Bonchev–Trinajstić information content (AvgIpc) is 2.88. The highest BCUT2D eigenvalue weighted by Gasteiger charge is 2.51. The Morgan fingerprint density at radius 2 is 1.53 bits per heavy atom. The van der Waals surface area contributed by atoms with Crippen molar-refractivity contribution in [1.29, 1.82) is 5.26 Å². The Morgan fingerprint density at radius 1 is 1.00 bits per heavy atom. The van der Waals surface area contributed by atoms with Gasteiger partial charge in [-0.1, -0.05) is 0 Å². The first-order valence-electron chi connectivity index (χ1n) is 8.40. The highest BCUT2D eigenvalue weighted by Crippen LogP contribution is 2.61. The highest BCUT2D eigenvalue weighted by molar-refractivity contribution is 5.06. The Balaban J connectivity index is 1.50. The van der Waals surface area contributed by atoms with Crippen LogP contribution in [0.2, 0.25) is 0 Å². The lowest BCUT2D eigenvalue weighted by molar-refractivity contribution is -0.0647. The monoisotopic (exact) mass is 258 g/mol. The van der Waals surface area contributed by atoms with E-state index >= 15 is 0 Å². The molecule has 1 atom stereocenters. The van der Waals surface area contributed by atoms with Gasteiger partial charge in [0.2, 0.25) is 0 Å². The number of rotatable bonds is 3. The molecule has 19 heavy (non-hydrogen) atoms. The lowest BCUT2D eigenvalue weighted by Crippen LogP contribution is -2.49. The van der Waals surface area contributed by atoms with Crippen LogP contribution < -0.4 is 0 Å². The Bertz CT molecular complexity index is 353. The van der Waals surface area contributed by atoms with Gasteiger partial charge in [0.1, 0.15) is 0 Å². The molecule has 0 aromatic carbocycles. The SMILES string of the molecule is N#CC(CC12CC3CC(CC(C3)C1)C2)N1CCCC1. The molecule has 1 heterocycles. The molecule has 4 bridgehead atoms. The average molecular weight is 258 g/mol. The van der Waals surface area contributed by atoms with Gasteiger partial charge in [-0.3, -0.25) is 4.90 Å². The molecule has 4 saturated carbocycles. The third kappa shape index (κ3) is 2.11. The molecule has 104 valence electrons. The quantitative estimate of drug-likeness (QED) is 0.773. The Kier molecular flexibility index (Phi) is 2.88. The van der Waals surface area contributed by atoms with E-state index in [0.29, 0.717) is 5.41 Å². The summed E-state index contributed by atoms with van der Waals surface area (Å²) in [7, 11) is 0. The van der Waals surface area contributed by atoms with Crippen molar-refractivity contribution < 1.29 is 0 Å². The molecule has 0 spiro atoms. The van der Waals surface area contributed by atoms with Crippen LogP contribution in [0, 0.1) is 34.5 Å². The molecule has 2 nitrogen and oxygen atoms in total. The van der Waals surface area contributed by atoms with Crippen LogP contribution in [0.5, 0.6) is 0 Å².